The summed E-state index contributed by atoms with van der Waals surface area (Å²) >= 11 is 1.74. The number of carbonyl (C=O) groups is 1. The lowest BCUT2D eigenvalue weighted by atomic mass is 10.1. The summed E-state index contributed by atoms with van der Waals surface area (Å²) in [6.45, 7) is 10.2. The Morgan fingerprint density at radius 3 is 2.88 bits per heavy atom. The highest BCUT2D eigenvalue weighted by molar-refractivity contribution is 7.10. The number of fused-ring (bicyclic) bond motifs is 1. The number of aryl methyl sites for hydroxylation is 2. The maximum Gasteiger partial charge on any atom is 0.219 e. The van der Waals surface area contributed by atoms with Crippen LogP contribution < -0.4 is 4.90 Å². The van der Waals surface area contributed by atoms with Gasteiger partial charge in [0.05, 0.1) is 18.8 Å². The smallest absolute Gasteiger partial charge is 0.219 e. The zero-order valence-corrected chi connectivity index (χ0v) is 16.6. The third kappa shape index (κ3) is 4.62. The number of aromatic nitrogens is 1. The minimum atomic E-state index is 0.0966. The largest absolute Gasteiger partial charge is 0.380 e. The molecule has 3 heterocycles. The number of carbonyl (C=O) groups excluding carboxylic acids is 1. The summed E-state index contributed by atoms with van der Waals surface area (Å²) in [6.07, 6.45) is 4.79. The molecule has 6 heteroatoms. The van der Waals surface area contributed by atoms with Gasteiger partial charge in [0.15, 0.2) is 0 Å². The second-order valence-corrected chi connectivity index (χ2v) is 7.85. The number of rotatable bonds is 2. The first-order valence-electron chi connectivity index (χ1n) is 9.10. The van der Waals surface area contributed by atoms with Crippen molar-refractivity contribution in [3.05, 3.63) is 45.4 Å². The van der Waals surface area contributed by atoms with Crippen LogP contribution in [0.5, 0.6) is 0 Å². The zero-order chi connectivity index (χ0) is 18.5. The van der Waals surface area contributed by atoms with Crippen molar-refractivity contribution < 1.29 is 9.53 Å². The van der Waals surface area contributed by atoms with E-state index in [-0.39, 0.29) is 5.91 Å². The van der Waals surface area contributed by atoms with Crippen molar-refractivity contribution in [2.24, 2.45) is 0 Å². The van der Waals surface area contributed by atoms with Crippen LogP contribution in [0.2, 0.25) is 0 Å². The molecule has 0 fully saturated rings. The van der Waals surface area contributed by atoms with Crippen LogP contribution in [0.15, 0.2) is 23.8 Å². The lowest BCUT2D eigenvalue weighted by Crippen LogP contribution is -2.31. The molecule has 140 valence electrons. The van der Waals surface area contributed by atoms with Gasteiger partial charge in [-0.2, -0.15) is 0 Å². The lowest BCUT2D eigenvalue weighted by molar-refractivity contribution is -0.130. The van der Waals surface area contributed by atoms with Gasteiger partial charge in [-0.25, -0.2) is 0 Å². The molecular weight excluding hydrogens is 346 g/mol. The Morgan fingerprint density at radius 1 is 1.27 bits per heavy atom. The fourth-order valence-electron chi connectivity index (χ4n) is 3.38. The van der Waals surface area contributed by atoms with E-state index in [1.165, 1.54) is 27.3 Å². The van der Waals surface area contributed by atoms with Crippen LogP contribution in [-0.4, -0.2) is 42.1 Å². The number of hydrogen-bond acceptors (Lipinski definition) is 5. The number of pyridine rings is 1. The van der Waals surface area contributed by atoms with Crippen molar-refractivity contribution in [3.63, 3.8) is 0 Å². The molecule has 0 spiro atoms. The molecule has 1 aliphatic rings. The summed E-state index contributed by atoms with van der Waals surface area (Å²) in [7, 11) is 0. The number of hydrogen-bond donors (Lipinski definition) is 0. The van der Waals surface area contributed by atoms with Gasteiger partial charge in [0.2, 0.25) is 5.91 Å². The van der Waals surface area contributed by atoms with Gasteiger partial charge in [-0.05, 0) is 42.3 Å². The topological polar surface area (TPSA) is 45.7 Å². The third-order valence-electron chi connectivity index (χ3n) is 4.64. The van der Waals surface area contributed by atoms with E-state index in [1.807, 2.05) is 17.3 Å². The Labute approximate surface area is 159 Å². The quantitative estimate of drug-likeness (QED) is 0.808. The van der Waals surface area contributed by atoms with E-state index in [1.54, 1.807) is 18.3 Å². The summed E-state index contributed by atoms with van der Waals surface area (Å²) in [5, 5.41) is 2.20. The predicted molar refractivity (Wildman–Crippen MR) is 106 cm³/mol. The van der Waals surface area contributed by atoms with Crippen LogP contribution in [-0.2, 0) is 22.6 Å². The summed E-state index contributed by atoms with van der Waals surface area (Å²) in [5.74, 6) is 0.0966. The van der Waals surface area contributed by atoms with Gasteiger partial charge in [-0.15, -0.1) is 11.3 Å². The van der Waals surface area contributed by atoms with Crippen LogP contribution >= 0.6 is 11.3 Å². The fraction of sp³-hybridized carbons (Fsp3) is 0.500. The highest BCUT2D eigenvalue weighted by Gasteiger charge is 2.21. The van der Waals surface area contributed by atoms with E-state index >= 15 is 0 Å². The van der Waals surface area contributed by atoms with Crippen molar-refractivity contribution in [2.45, 2.75) is 40.3 Å². The molecule has 0 radical (unpaired) electrons. The minimum Gasteiger partial charge on any atom is -0.380 e. The molecule has 0 saturated heterocycles. The van der Waals surface area contributed by atoms with Crippen molar-refractivity contribution >= 4 is 22.9 Å². The molecule has 2 aromatic rings. The van der Waals surface area contributed by atoms with Crippen LogP contribution in [0.3, 0.4) is 0 Å². The Kier molecular flexibility index (Phi) is 6.27. The molecule has 26 heavy (non-hydrogen) atoms. The summed E-state index contributed by atoms with van der Waals surface area (Å²) in [6, 6.07) is 2.19. The first-order valence-corrected chi connectivity index (χ1v) is 9.98. The highest BCUT2D eigenvalue weighted by atomic mass is 32.1. The van der Waals surface area contributed by atoms with Crippen molar-refractivity contribution in [3.8, 4) is 0 Å². The van der Waals surface area contributed by atoms with Crippen molar-refractivity contribution in [1.82, 2.24) is 9.88 Å². The Morgan fingerprint density at radius 2 is 2.12 bits per heavy atom. The number of anilines is 1. The molecule has 1 amide bonds. The molecule has 0 aliphatic carbocycles. The second kappa shape index (κ2) is 8.64. The molecule has 0 N–H and O–H groups in total. The van der Waals surface area contributed by atoms with Crippen LogP contribution in [0.4, 0.5) is 5.69 Å². The molecule has 2 aromatic heterocycles. The monoisotopic (exact) mass is 373 g/mol. The van der Waals surface area contributed by atoms with E-state index in [0.29, 0.717) is 26.3 Å². The average Bonchev–Trinajstić information content (AvgIpc) is 2.94. The Bertz CT molecular complexity index is 759. The summed E-state index contributed by atoms with van der Waals surface area (Å²) in [4.78, 5) is 21.9. The second-order valence-electron chi connectivity index (χ2n) is 6.89. The van der Waals surface area contributed by atoms with Gasteiger partial charge in [0.1, 0.15) is 0 Å². The number of amides is 1. The van der Waals surface area contributed by atoms with Gasteiger partial charge in [-0.3, -0.25) is 9.78 Å². The molecule has 0 unspecified atom stereocenters. The van der Waals surface area contributed by atoms with Gasteiger partial charge in [0.25, 0.3) is 0 Å². The van der Waals surface area contributed by atoms with Crippen LogP contribution in [0.25, 0.3) is 0 Å². The molecule has 0 bridgehead atoms. The first kappa shape index (κ1) is 18.9. The van der Waals surface area contributed by atoms with Gasteiger partial charge < -0.3 is 14.5 Å². The van der Waals surface area contributed by atoms with E-state index in [4.69, 9.17) is 4.74 Å². The maximum absolute atomic E-state index is 12.0. The summed E-state index contributed by atoms with van der Waals surface area (Å²) in [5.41, 5.74) is 4.92. The Hall–Kier alpha value is -1.92. The standard InChI is InChI=1S/C20H27N3O2S/c1-15-9-18(11-21-10-15)12-23-5-4-7-25-8-6-22(17(3)24)13-19-20(23)16(2)14-26-19/h9-11,14H,4-8,12-13H2,1-3H3. The zero-order valence-electron chi connectivity index (χ0n) is 15.8. The molecule has 5 nitrogen and oxygen atoms in total. The number of thiophene rings is 1. The average molecular weight is 374 g/mol. The van der Waals surface area contributed by atoms with Gasteiger partial charge in [-0.1, -0.05) is 6.07 Å². The fourth-order valence-corrected chi connectivity index (χ4v) is 4.44. The highest BCUT2D eigenvalue weighted by Crippen LogP contribution is 2.34. The number of nitrogens with zero attached hydrogens (tertiary/aromatic N) is 3. The molecule has 1 aliphatic heterocycles. The van der Waals surface area contributed by atoms with E-state index < -0.39 is 0 Å². The normalized spacial score (nSPS) is 16.1. The minimum absolute atomic E-state index is 0.0966. The van der Waals surface area contributed by atoms with Gasteiger partial charge in [0, 0.05) is 50.4 Å². The van der Waals surface area contributed by atoms with Crippen LogP contribution in [0, 0.1) is 13.8 Å². The third-order valence-corrected chi connectivity index (χ3v) is 5.72. The molecular formula is C20H27N3O2S. The Balaban J connectivity index is 1.92. The van der Waals surface area contributed by atoms with Gasteiger partial charge >= 0.3 is 0 Å². The molecule has 3 rings (SSSR count). The molecule has 0 aromatic carbocycles. The first-order chi connectivity index (χ1) is 12.5. The summed E-state index contributed by atoms with van der Waals surface area (Å²) < 4.78 is 5.74. The van der Waals surface area contributed by atoms with Crippen molar-refractivity contribution in [2.75, 3.05) is 31.2 Å². The van der Waals surface area contributed by atoms with E-state index in [2.05, 4.69) is 35.2 Å². The number of ether oxygens (including phenoxy) is 1. The van der Waals surface area contributed by atoms with E-state index in [0.717, 1.165) is 19.5 Å². The SMILES string of the molecule is CC(=O)N1CCOCCCN(Cc2cncc(C)c2)c2c(C)csc2C1. The lowest BCUT2D eigenvalue weighted by Gasteiger charge is -2.27. The molecule has 0 saturated carbocycles. The molecule has 0 atom stereocenters. The van der Waals surface area contributed by atoms with E-state index in [9.17, 15) is 4.79 Å². The maximum atomic E-state index is 12.0. The van der Waals surface area contributed by atoms with Crippen LogP contribution in [0.1, 0.15) is 34.9 Å². The predicted octanol–water partition coefficient (Wildman–Crippen LogP) is 3.54. The van der Waals surface area contributed by atoms with Crippen molar-refractivity contribution in [1.29, 1.82) is 0 Å².